The van der Waals surface area contributed by atoms with Crippen LogP contribution in [0.25, 0.3) is 0 Å². The van der Waals surface area contributed by atoms with Gasteiger partial charge in [0.05, 0.1) is 18.9 Å². The van der Waals surface area contributed by atoms with Crippen LogP contribution in [0.3, 0.4) is 0 Å². The number of carbonyl (C=O) groups excluding carboxylic acids is 1. The van der Waals surface area contributed by atoms with E-state index in [1.54, 1.807) is 18.2 Å². The molecule has 0 aromatic heterocycles. The molecular formula is C19H19N3O5. The third kappa shape index (κ3) is 4.00. The number of hydrogen-bond donors (Lipinski definition) is 2. The molecule has 1 heterocycles. The monoisotopic (exact) mass is 369 g/mol. The zero-order valence-corrected chi connectivity index (χ0v) is 14.7. The highest BCUT2D eigenvalue weighted by Crippen LogP contribution is 2.35. The Bertz CT molecular complexity index is 882. The molecule has 0 fully saturated rings. The fraction of sp³-hybridized carbons (Fsp3) is 0.211. The quantitative estimate of drug-likeness (QED) is 0.811. The third-order valence-electron chi connectivity index (χ3n) is 4.17. The molecule has 1 aliphatic heterocycles. The van der Waals surface area contributed by atoms with Gasteiger partial charge in [0.15, 0.2) is 18.1 Å². The van der Waals surface area contributed by atoms with E-state index >= 15 is 0 Å². The van der Waals surface area contributed by atoms with Crippen molar-refractivity contribution < 1.29 is 24.2 Å². The number of carboxylic acids is 1. The van der Waals surface area contributed by atoms with E-state index < -0.39 is 18.6 Å². The van der Waals surface area contributed by atoms with Gasteiger partial charge in [0.1, 0.15) is 0 Å². The summed E-state index contributed by atoms with van der Waals surface area (Å²) < 4.78 is 10.5. The van der Waals surface area contributed by atoms with E-state index in [-0.39, 0.29) is 6.04 Å². The lowest BCUT2D eigenvalue weighted by molar-refractivity contribution is -0.139. The number of urea groups is 1. The molecule has 0 radical (unpaired) electrons. The number of primary amides is 1. The lowest BCUT2D eigenvalue weighted by Gasteiger charge is -2.19. The van der Waals surface area contributed by atoms with Gasteiger partial charge in [-0.25, -0.2) is 14.6 Å². The number of nitrogens with two attached hydrogens (primary N) is 1. The second-order valence-corrected chi connectivity index (χ2v) is 5.91. The Morgan fingerprint density at radius 2 is 1.96 bits per heavy atom. The topological polar surface area (TPSA) is 114 Å². The fourth-order valence-electron chi connectivity index (χ4n) is 2.93. The Morgan fingerprint density at radius 3 is 2.59 bits per heavy atom. The van der Waals surface area contributed by atoms with Crippen LogP contribution in [0.2, 0.25) is 0 Å². The van der Waals surface area contributed by atoms with E-state index in [0.29, 0.717) is 23.6 Å². The first-order chi connectivity index (χ1) is 13.0. The highest BCUT2D eigenvalue weighted by Gasteiger charge is 2.32. The molecule has 0 aliphatic carbocycles. The van der Waals surface area contributed by atoms with Gasteiger partial charge in [0, 0.05) is 12.0 Å². The molecule has 1 aliphatic rings. The molecule has 3 rings (SSSR count). The van der Waals surface area contributed by atoms with Crippen LogP contribution >= 0.6 is 0 Å². The lowest BCUT2D eigenvalue weighted by atomic mass is 9.98. The number of nitrogens with zero attached hydrogens (tertiary/aromatic N) is 2. The Balaban J connectivity index is 1.88. The van der Waals surface area contributed by atoms with Crippen LogP contribution in [0.1, 0.15) is 23.6 Å². The van der Waals surface area contributed by atoms with E-state index in [1.165, 1.54) is 12.1 Å². The summed E-state index contributed by atoms with van der Waals surface area (Å²) in [5.74, 6) is -0.386. The normalized spacial score (nSPS) is 16.0. The van der Waals surface area contributed by atoms with Crippen LogP contribution in [0.15, 0.2) is 53.6 Å². The Labute approximate surface area is 155 Å². The largest absolute Gasteiger partial charge is 0.493 e. The number of rotatable bonds is 6. The molecule has 27 heavy (non-hydrogen) atoms. The molecule has 1 atom stereocenters. The maximum Gasteiger partial charge on any atom is 0.341 e. The molecule has 2 aromatic rings. The van der Waals surface area contributed by atoms with Crippen LogP contribution in [0.4, 0.5) is 4.79 Å². The minimum Gasteiger partial charge on any atom is -0.493 e. The minimum absolute atomic E-state index is 0.285. The van der Waals surface area contributed by atoms with Gasteiger partial charge in [-0.2, -0.15) is 5.10 Å². The van der Waals surface area contributed by atoms with Crippen molar-refractivity contribution in [2.45, 2.75) is 12.5 Å². The van der Waals surface area contributed by atoms with Crippen LogP contribution in [-0.4, -0.2) is 41.5 Å². The minimum atomic E-state index is -1.08. The number of aliphatic carboxylic acids is 1. The number of hydrogen-bond acceptors (Lipinski definition) is 5. The molecule has 2 amide bonds. The van der Waals surface area contributed by atoms with Crippen molar-refractivity contribution in [2.24, 2.45) is 10.8 Å². The molecule has 8 heteroatoms. The molecule has 0 saturated heterocycles. The molecule has 8 nitrogen and oxygen atoms in total. The lowest BCUT2D eigenvalue weighted by Crippen LogP contribution is -2.31. The smallest absolute Gasteiger partial charge is 0.341 e. The van der Waals surface area contributed by atoms with Crippen molar-refractivity contribution in [1.29, 1.82) is 0 Å². The molecule has 140 valence electrons. The standard InChI is InChI=1S/C19H19N3O5/c1-26-17-9-13(7-8-16(17)27-11-18(23)24)14-10-15(22(21-14)19(20)25)12-5-3-2-4-6-12/h2-9,15H,10-11H2,1H3,(H2,20,25)(H,23,24). The van der Waals surface area contributed by atoms with E-state index in [1.807, 2.05) is 30.3 Å². The summed E-state index contributed by atoms with van der Waals surface area (Å²) in [4.78, 5) is 22.5. The molecule has 2 aromatic carbocycles. The van der Waals surface area contributed by atoms with Crippen molar-refractivity contribution in [3.8, 4) is 11.5 Å². The molecule has 0 spiro atoms. The van der Waals surface area contributed by atoms with Crippen LogP contribution < -0.4 is 15.2 Å². The van der Waals surface area contributed by atoms with Gasteiger partial charge in [-0.05, 0) is 23.8 Å². The van der Waals surface area contributed by atoms with E-state index in [2.05, 4.69) is 5.10 Å². The molecule has 3 N–H and O–H groups in total. The summed E-state index contributed by atoms with van der Waals surface area (Å²) in [6.45, 7) is -0.470. The van der Waals surface area contributed by atoms with Crippen molar-refractivity contribution in [3.05, 3.63) is 59.7 Å². The highest BCUT2D eigenvalue weighted by molar-refractivity contribution is 6.03. The second-order valence-electron chi connectivity index (χ2n) is 5.91. The van der Waals surface area contributed by atoms with Gasteiger partial charge >= 0.3 is 12.0 Å². The van der Waals surface area contributed by atoms with Gasteiger partial charge in [-0.1, -0.05) is 30.3 Å². The van der Waals surface area contributed by atoms with Crippen molar-refractivity contribution in [2.75, 3.05) is 13.7 Å². The first-order valence-electron chi connectivity index (χ1n) is 8.23. The molecule has 0 saturated carbocycles. The summed E-state index contributed by atoms with van der Waals surface area (Å²) in [5.41, 5.74) is 7.83. The van der Waals surface area contributed by atoms with Crippen molar-refractivity contribution in [1.82, 2.24) is 5.01 Å². The van der Waals surface area contributed by atoms with Gasteiger partial charge in [0.2, 0.25) is 0 Å². The van der Waals surface area contributed by atoms with E-state index in [4.69, 9.17) is 20.3 Å². The summed E-state index contributed by atoms with van der Waals surface area (Å²) in [5, 5.41) is 14.4. The van der Waals surface area contributed by atoms with Gasteiger partial charge in [0.25, 0.3) is 0 Å². The number of benzene rings is 2. The number of ether oxygens (including phenoxy) is 2. The zero-order valence-electron chi connectivity index (χ0n) is 14.7. The fourth-order valence-corrected chi connectivity index (χ4v) is 2.93. The molecular weight excluding hydrogens is 350 g/mol. The third-order valence-corrected chi connectivity index (χ3v) is 4.17. The maximum atomic E-state index is 11.8. The van der Waals surface area contributed by atoms with Crippen molar-refractivity contribution >= 4 is 17.7 Å². The molecule has 1 unspecified atom stereocenters. The SMILES string of the molecule is COc1cc(C2=NN(C(N)=O)C(c3ccccc3)C2)ccc1OCC(=O)O. The Kier molecular flexibility index (Phi) is 5.25. The number of carboxylic acid groups (broad SMARTS) is 1. The number of amides is 2. The first kappa shape index (κ1) is 18.2. The average Bonchev–Trinajstić information content (AvgIpc) is 3.12. The summed E-state index contributed by atoms with van der Waals surface area (Å²) in [6.07, 6.45) is 0.492. The summed E-state index contributed by atoms with van der Waals surface area (Å²) in [7, 11) is 1.46. The Hall–Kier alpha value is -3.55. The van der Waals surface area contributed by atoms with Crippen LogP contribution in [0.5, 0.6) is 11.5 Å². The van der Waals surface area contributed by atoms with Crippen molar-refractivity contribution in [3.63, 3.8) is 0 Å². The zero-order chi connectivity index (χ0) is 19.4. The number of carbonyl (C=O) groups is 2. The van der Waals surface area contributed by atoms with Gasteiger partial charge < -0.3 is 20.3 Å². The summed E-state index contributed by atoms with van der Waals surface area (Å²) >= 11 is 0. The number of hydrazone groups is 1. The molecule has 0 bridgehead atoms. The highest BCUT2D eigenvalue weighted by atomic mass is 16.5. The maximum absolute atomic E-state index is 11.8. The average molecular weight is 369 g/mol. The van der Waals surface area contributed by atoms with Crippen LogP contribution in [0, 0.1) is 0 Å². The summed E-state index contributed by atoms with van der Waals surface area (Å²) in [6, 6.07) is 13.7. The number of methoxy groups -OCH3 is 1. The van der Waals surface area contributed by atoms with E-state index in [0.717, 1.165) is 11.1 Å². The Morgan fingerprint density at radius 1 is 1.22 bits per heavy atom. The van der Waals surface area contributed by atoms with Gasteiger partial charge in [-0.3, -0.25) is 0 Å². The predicted molar refractivity (Wildman–Crippen MR) is 97.9 cm³/mol. The van der Waals surface area contributed by atoms with Crippen LogP contribution in [-0.2, 0) is 4.79 Å². The predicted octanol–water partition coefficient (Wildman–Crippen LogP) is 2.39. The van der Waals surface area contributed by atoms with Gasteiger partial charge in [-0.15, -0.1) is 0 Å². The first-order valence-corrected chi connectivity index (χ1v) is 8.23. The second kappa shape index (κ2) is 7.77. The van der Waals surface area contributed by atoms with E-state index in [9.17, 15) is 9.59 Å².